The second-order valence-electron chi connectivity index (χ2n) is 2.25. The minimum atomic E-state index is -2.01. The summed E-state index contributed by atoms with van der Waals surface area (Å²) in [5.74, 6) is 0. The standard InChI is InChI=1S/C6H12O6/c7-1-3(9)5(11)6(12)4(10)2-8/h1,3-6,8-12H,2H2/t3-,4+,5+,6+/m0/s1/i2D/t2-,3-,4+,5+,6+. The van der Waals surface area contributed by atoms with Gasteiger partial charge in [-0.3, -0.25) is 0 Å². The average Bonchev–Trinajstić information content (AvgIpc) is 2.12. The molecule has 0 aromatic carbocycles. The van der Waals surface area contributed by atoms with Gasteiger partial charge in [-0.1, -0.05) is 0 Å². The van der Waals surface area contributed by atoms with E-state index >= 15 is 0 Å². The molecule has 0 heterocycles. The molecule has 0 fully saturated rings. The Hall–Kier alpha value is -0.530. The van der Waals surface area contributed by atoms with Crippen LogP contribution in [-0.4, -0.2) is 62.8 Å². The average molecular weight is 181 g/mol. The Morgan fingerprint density at radius 2 is 1.75 bits per heavy atom. The maximum atomic E-state index is 9.93. The van der Waals surface area contributed by atoms with Crippen molar-refractivity contribution in [3.63, 3.8) is 0 Å². The van der Waals surface area contributed by atoms with Crippen LogP contribution in [0.25, 0.3) is 0 Å². The molecule has 0 aliphatic carbocycles. The van der Waals surface area contributed by atoms with Crippen molar-refractivity contribution >= 4 is 6.29 Å². The lowest BCUT2D eigenvalue weighted by molar-refractivity contribution is -0.136. The summed E-state index contributed by atoms with van der Waals surface area (Å²) in [7, 11) is 0. The van der Waals surface area contributed by atoms with Crippen molar-refractivity contribution in [3.05, 3.63) is 0 Å². The summed E-state index contributed by atoms with van der Waals surface area (Å²) in [5.41, 5.74) is 0. The number of rotatable bonds is 5. The van der Waals surface area contributed by atoms with Crippen molar-refractivity contribution in [2.45, 2.75) is 24.4 Å². The molecule has 0 unspecified atom stereocenters. The quantitative estimate of drug-likeness (QED) is 0.282. The molecule has 0 aliphatic heterocycles. The molecule has 0 aromatic heterocycles. The Kier molecular flexibility index (Phi) is 4.12. The van der Waals surface area contributed by atoms with Gasteiger partial charge in [0.1, 0.15) is 24.4 Å². The predicted octanol–water partition coefficient (Wildman–Crippen LogP) is -3.38. The summed E-state index contributed by atoms with van der Waals surface area (Å²) in [6.45, 7) is -2.01. The number of hydrogen-bond donors (Lipinski definition) is 5. The minimum Gasteiger partial charge on any atom is -0.394 e. The number of carbonyl (C=O) groups excluding carboxylic acids is 1. The van der Waals surface area contributed by atoms with E-state index in [1.807, 2.05) is 0 Å². The van der Waals surface area contributed by atoms with Crippen molar-refractivity contribution in [3.8, 4) is 0 Å². The normalized spacial score (nSPS) is 24.9. The van der Waals surface area contributed by atoms with E-state index < -0.39 is 31.0 Å². The molecule has 5 N–H and O–H groups in total. The van der Waals surface area contributed by atoms with E-state index in [0.29, 0.717) is 0 Å². The van der Waals surface area contributed by atoms with Crippen LogP contribution in [0.1, 0.15) is 1.37 Å². The highest BCUT2D eigenvalue weighted by Crippen LogP contribution is 2.02. The predicted molar refractivity (Wildman–Crippen MR) is 37.2 cm³/mol. The Balaban J connectivity index is 4.23. The first-order valence-electron chi connectivity index (χ1n) is 3.77. The molecular weight excluding hydrogens is 168 g/mol. The van der Waals surface area contributed by atoms with Gasteiger partial charge >= 0.3 is 0 Å². The van der Waals surface area contributed by atoms with Crippen LogP contribution < -0.4 is 0 Å². The smallest absolute Gasteiger partial charge is 0.151 e. The van der Waals surface area contributed by atoms with Crippen LogP contribution in [0.15, 0.2) is 0 Å². The minimum absolute atomic E-state index is 0.0308. The van der Waals surface area contributed by atoms with Crippen LogP contribution in [0.4, 0.5) is 0 Å². The summed E-state index contributed by atoms with van der Waals surface area (Å²) in [4.78, 5) is 9.93. The summed E-state index contributed by atoms with van der Waals surface area (Å²) in [5, 5.41) is 43.9. The number of aliphatic hydroxyl groups is 5. The van der Waals surface area contributed by atoms with Crippen LogP contribution in [0.5, 0.6) is 0 Å². The fraction of sp³-hybridized carbons (Fsp3) is 0.833. The van der Waals surface area contributed by atoms with Crippen LogP contribution in [0.2, 0.25) is 0 Å². The Morgan fingerprint density at radius 3 is 2.08 bits per heavy atom. The first-order valence-corrected chi connectivity index (χ1v) is 3.19. The number of carbonyl (C=O) groups is 1. The third-order valence-corrected chi connectivity index (χ3v) is 1.34. The van der Waals surface area contributed by atoms with Crippen molar-refractivity contribution < 1.29 is 31.7 Å². The van der Waals surface area contributed by atoms with Gasteiger partial charge in [0.25, 0.3) is 0 Å². The zero-order valence-electron chi connectivity index (χ0n) is 7.11. The SMILES string of the molecule is [2H][C@H](O)[C@@H](O)[C@@H](O)[C@H](O)[C@@H](O)C=O. The third-order valence-electron chi connectivity index (χ3n) is 1.34. The van der Waals surface area contributed by atoms with Gasteiger partial charge in [-0.15, -0.1) is 0 Å². The molecule has 0 radical (unpaired) electrons. The molecule has 0 rings (SSSR count). The molecule has 0 bridgehead atoms. The summed E-state index contributed by atoms with van der Waals surface area (Å²) >= 11 is 0. The first-order chi connectivity index (χ1) is 5.91. The number of hydrogen-bond acceptors (Lipinski definition) is 6. The molecule has 6 nitrogen and oxygen atoms in total. The van der Waals surface area contributed by atoms with Crippen LogP contribution in [0.3, 0.4) is 0 Å². The Labute approximate surface area is 70.1 Å². The Morgan fingerprint density at radius 1 is 1.25 bits per heavy atom. The highest BCUT2D eigenvalue weighted by molar-refractivity contribution is 5.56. The highest BCUT2D eigenvalue weighted by atomic mass is 16.4. The molecule has 0 spiro atoms. The maximum Gasteiger partial charge on any atom is 0.151 e. The zero-order chi connectivity index (χ0) is 10.6. The summed E-state index contributed by atoms with van der Waals surface area (Å²) in [6.07, 6.45) is -7.70. The lowest BCUT2D eigenvalue weighted by Crippen LogP contribution is -2.46. The van der Waals surface area contributed by atoms with E-state index in [1.54, 1.807) is 0 Å². The van der Waals surface area contributed by atoms with Gasteiger partial charge in [-0.05, 0) is 0 Å². The zero-order valence-corrected chi connectivity index (χ0v) is 6.11. The Bertz CT molecular complexity index is 163. The summed E-state index contributed by atoms with van der Waals surface area (Å²) < 4.78 is 6.57. The highest BCUT2D eigenvalue weighted by Gasteiger charge is 2.29. The van der Waals surface area contributed by atoms with Gasteiger partial charge in [0.2, 0.25) is 0 Å². The first kappa shape index (κ1) is 9.56. The molecule has 0 amide bonds. The molecule has 0 saturated heterocycles. The summed E-state index contributed by atoms with van der Waals surface area (Å²) in [6, 6.07) is 0. The van der Waals surface area contributed by atoms with Gasteiger partial charge in [0.15, 0.2) is 6.29 Å². The van der Waals surface area contributed by atoms with Gasteiger partial charge in [0.05, 0.1) is 7.95 Å². The van der Waals surface area contributed by atoms with Gasteiger partial charge in [-0.25, -0.2) is 0 Å². The monoisotopic (exact) mass is 181 g/mol. The van der Waals surface area contributed by atoms with E-state index in [1.165, 1.54) is 0 Å². The van der Waals surface area contributed by atoms with E-state index in [0.717, 1.165) is 0 Å². The van der Waals surface area contributed by atoms with Gasteiger partial charge in [-0.2, -0.15) is 0 Å². The fourth-order valence-electron chi connectivity index (χ4n) is 0.573. The molecular formula is C6H12O6. The number of aldehydes is 1. The van der Waals surface area contributed by atoms with E-state index in [4.69, 9.17) is 26.9 Å². The molecule has 72 valence electrons. The molecule has 0 saturated carbocycles. The van der Waals surface area contributed by atoms with Gasteiger partial charge < -0.3 is 30.3 Å². The van der Waals surface area contributed by atoms with E-state index in [9.17, 15) is 4.79 Å². The van der Waals surface area contributed by atoms with E-state index in [-0.39, 0.29) is 6.29 Å². The largest absolute Gasteiger partial charge is 0.394 e. The van der Waals surface area contributed by atoms with Crippen LogP contribution >= 0.6 is 0 Å². The lowest BCUT2D eigenvalue weighted by Gasteiger charge is -2.22. The topological polar surface area (TPSA) is 118 Å². The molecule has 5 atom stereocenters. The molecule has 6 heteroatoms. The molecule has 0 aliphatic rings. The van der Waals surface area contributed by atoms with Crippen LogP contribution in [0, 0.1) is 0 Å². The number of aliphatic hydroxyl groups excluding tert-OH is 5. The fourth-order valence-corrected chi connectivity index (χ4v) is 0.573. The second kappa shape index (κ2) is 5.18. The molecule has 12 heavy (non-hydrogen) atoms. The third kappa shape index (κ3) is 2.84. The molecule has 0 aromatic rings. The van der Waals surface area contributed by atoms with E-state index in [2.05, 4.69) is 0 Å². The second-order valence-corrected chi connectivity index (χ2v) is 2.25. The maximum absolute atomic E-state index is 9.93. The van der Waals surface area contributed by atoms with Crippen molar-refractivity contribution in [2.75, 3.05) is 6.58 Å². The van der Waals surface area contributed by atoms with Crippen molar-refractivity contribution in [1.82, 2.24) is 0 Å². The van der Waals surface area contributed by atoms with Crippen molar-refractivity contribution in [1.29, 1.82) is 0 Å². The lowest BCUT2D eigenvalue weighted by atomic mass is 10.0. The van der Waals surface area contributed by atoms with Gasteiger partial charge in [0, 0.05) is 0 Å². The van der Waals surface area contributed by atoms with Crippen LogP contribution in [-0.2, 0) is 4.79 Å². The van der Waals surface area contributed by atoms with Crippen molar-refractivity contribution in [2.24, 2.45) is 0 Å².